The standard InChI is InChI=1S/C19H26FNO4/c1-3-21(4-2)15-7-5-14(6-8-15)17-11-19(24,10-9-18(17)23)25-13-16(22)12-20/h5-10,16,22-24H,3-4,11-13H2,1-2H3. The molecular weight excluding hydrogens is 325 g/mol. The number of nitrogens with zero attached hydrogens (tertiary/aromatic N) is 1. The number of hydrogen-bond donors (Lipinski definition) is 3. The molecule has 2 unspecified atom stereocenters. The van der Waals surface area contributed by atoms with Gasteiger partial charge in [-0.2, -0.15) is 0 Å². The first kappa shape index (κ1) is 19.4. The van der Waals surface area contributed by atoms with Gasteiger partial charge in [0.25, 0.3) is 0 Å². The molecule has 0 fully saturated rings. The second-order valence-corrected chi connectivity index (χ2v) is 6.06. The zero-order valence-electron chi connectivity index (χ0n) is 14.7. The number of halogens is 1. The molecule has 5 nitrogen and oxygen atoms in total. The summed E-state index contributed by atoms with van der Waals surface area (Å²) in [4.78, 5) is 2.20. The molecule has 138 valence electrons. The van der Waals surface area contributed by atoms with Gasteiger partial charge in [-0.1, -0.05) is 12.1 Å². The van der Waals surface area contributed by atoms with Crippen LogP contribution in [0.25, 0.3) is 5.57 Å². The third-order valence-electron chi connectivity index (χ3n) is 4.29. The van der Waals surface area contributed by atoms with Crippen LogP contribution in [0.1, 0.15) is 25.8 Å². The molecule has 2 atom stereocenters. The van der Waals surface area contributed by atoms with Gasteiger partial charge in [0.15, 0.2) is 5.79 Å². The van der Waals surface area contributed by atoms with E-state index in [0.717, 1.165) is 24.3 Å². The Hall–Kier alpha value is -1.89. The maximum absolute atomic E-state index is 12.3. The van der Waals surface area contributed by atoms with Crippen LogP contribution in [-0.2, 0) is 4.74 Å². The topological polar surface area (TPSA) is 73.2 Å². The van der Waals surface area contributed by atoms with E-state index in [9.17, 15) is 19.7 Å². The van der Waals surface area contributed by atoms with Crippen molar-refractivity contribution < 1.29 is 24.4 Å². The second kappa shape index (κ2) is 8.47. The van der Waals surface area contributed by atoms with Crippen molar-refractivity contribution in [2.24, 2.45) is 0 Å². The lowest BCUT2D eigenvalue weighted by atomic mass is 9.92. The average Bonchev–Trinajstić information content (AvgIpc) is 2.64. The lowest BCUT2D eigenvalue weighted by molar-refractivity contribution is -0.179. The highest BCUT2D eigenvalue weighted by molar-refractivity contribution is 5.72. The minimum Gasteiger partial charge on any atom is -0.508 e. The number of anilines is 1. The lowest BCUT2D eigenvalue weighted by Crippen LogP contribution is -2.35. The van der Waals surface area contributed by atoms with Crippen molar-refractivity contribution in [3.05, 3.63) is 47.7 Å². The number of aliphatic hydroxyl groups excluding tert-OH is 2. The molecule has 0 heterocycles. The Labute approximate surface area is 147 Å². The fourth-order valence-electron chi connectivity index (χ4n) is 2.81. The number of ether oxygens (including phenoxy) is 1. The molecule has 3 N–H and O–H groups in total. The first-order valence-electron chi connectivity index (χ1n) is 8.49. The number of benzene rings is 1. The zero-order valence-corrected chi connectivity index (χ0v) is 14.7. The van der Waals surface area contributed by atoms with E-state index in [-0.39, 0.29) is 18.8 Å². The summed E-state index contributed by atoms with van der Waals surface area (Å²) < 4.78 is 17.6. The Balaban J connectivity index is 2.16. The largest absolute Gasteiger partial charge is 0.508 e. The van der Waals surface area contributed by atoms with Gasteiger partial charge < -0.3 is 25.0 Å². The highest BCUT2D eigenvalue weighted by Crippen LogP contribution is 2.34. The summed E-state index contributed by atoms with van der Waals surface area (Å²) in [5.41, 5.74) is 2.38. The second-order valence-electron chi connectivity index (χ2n) is 6.06. The number of aliphatic hydroxyl groups is 3. The first-order valence-corrected chi connectivity index (χ1v) is 8.49. The van der Waals surface area contributed by atoms with Crippen LogP contribution in [0.4, 0.5) is 10.1 Å². The van der Waals surface area contributed by atoms with Crippen LogP contribution in [0.15, 0.2) is 42.2 Å². The number of alkyl halides is 1. The Morgan fingerprint density at radius 3 is 2.44 bits per heavy atom. The zero-order chi connectivity index (χ0) is 18.4. The average molecular weight is 351 g/mol. The van der Waals surface area contributed by atoms with Gasteiger partial charge >= 0.3 is 0 Å². The van der Waals surface area contributed by atoms with Crippen molar-refractivity contribution >= 4 is 11.3 Å². The van der Waals surface area contributed by atoms with E-state index in [1.807, 2.05) is 24.3 Å². The van der Waals surface area contributed by atoms with Gasteiger partial charge in [0.05, 0.1) is 6.61 Å². The molecule has 0 spiro atoms. The molecule has 0 saturated carbocycles. The summed E-state index contributed by atoms with van der Waals surface area (Å²) in [6.45, 7) is 4.70. The minimum atomic E-state index is -1.69. The Bertz CT molecular complexity index is 625. The van der Waals surface area contributed by atoms with E-state index in [2.05, 4.69) is 18.7 Å². The van der Waals surface area contributed by atoms with Crippen LogP contribution in [0.3, 0.4) is 0 Å². The van der Waals surface area contributed by atoms with E-state index < -0.39 is 18.6 Å². The molecule has 1 aromatic rings. The van der Waals surface area contributed by atoms with Gasteiger partial charge in [-0.25, -0.2) is 4.39 Å². The van der Waals surface area contributed by atoms with Crippen molar-refractivity contribution in [2.45, 2.75) is 32.2 Å². The van der Waals surface area contributed by atoms with Gasteiger partial charge in [0.1, 0.15) is 18.5 Å². The minimum absolute atomic E-state index is 0.0129. The van der Waals surface area contributed by atoms with Crippen LogP contribution in [0.5, 0.6) is 0 Å². The number of allylic oxidation sites excluding steroid dienone is 1. The molecule has 1 aliphatic carbocycles. The maximum atomic E-state index is 12.3. The maximum Gasteiger partial charge on any atom is 0.190 e. The lowest BCUT2D eigenvalue weighted by Gasteiger charge is -2.30. The molecule has 6 heteroatoms. The first-order chi connectivity index (χ1) is 11.9. The van der Waals surface area contributed by atoms with Crippen molar-refractivity contribution in [3.8, 4) is 0 Å². The molecule has 25 heavy (non-hydrogen) atoms. The van der Waals surface area contributed by atoms with Crippen molar-refractivity contribution in [3.63, 3.8) is 0 Å². The predicted molar refractivity (Wildman–Crippen MR) is 96.2 cm³/mol. The quantitative estimate of drug-likeness (QED) is 0.628. The molecule has 1 aliphatic rings. The van der Waals surface area contributed by atoms with Crippen LogP contribution < -0.4 is 4.90 Å². The summed E-state index contributed by atoms with van der Waals surface area (Å²) in [6, 6.07) is 7.70. The van der Waals surface area contributed by atoms with Gasteiger partial charge in [-0.15, -0.1) is 0 Å². The summed E-state index contributed by atoms with van der Waals surface area (Å²) in [5.74, 6) is -1.63. The molecule has 0 aliphatic heterocycles. The van der Waals surface area contributed by atoms with Crippen molar-refractivity contribution in [1.29, 1.82) is 0 Å². The van der Waals surface area contributed by atoms with E-state index in [1.54, 1.807) is 0 Å². The smallest absolute Gasteiger partial charge is 0.190 e. The monoisotopic (exact) mass is 351 g/mol. The van der Waals surface area contributed by atoms with Gasteiger partial charge in [-0.05, 0) is 43.7 Å². The fourth-order valence-corrected chi connectivity index (χ4v) is 2.81. The molecule has 0 aromatic heterocycles. The Morgan fingerprint density at radius 1 is 1.24 bits per heavy atom. The van der Waals surface area contributed by atoms with Crippen molar-refractivity contribution in [1.82, 2.24) is 0 Å². The summed E-state index contributed by atoms with van der Waals surface area (Å²) in [7, 11) is 0. The fraction of sp³-hybridized carbons (Fsp3) is 0.474. The Morgan fingerprint density at radius 2 is 1.88 bits per heavy atom. The normalized spacial score (nSPS) is 21.5. The molecule has 2 rings (SSSR count). The van der Waals surface area contributed by atoms with Gasteiger partial charge in [-0.3, -0.25) is 0 Å². The molecule has 0 saturated heterocycles. The van der Waals surface area contributed by atoms with Gasteiger partial charge in [0.2, 0.25) is 0 Å². The van der Waals surface area contributed by atoms with Crippen LogP contribution in [0.2, 0.25) is 0 Å². The molecular formula is C19H26FNO4. The van der Waals surface area contributed by atoms with Crippen LogP contribution >= 0.6 is 0 Å². The Kier molecular flexibility index (Phi) is 6.58. The molecule has 0 amide bonds. The predicted octanol–water partition coefficient (Wildman–Crippen LogP) is 2.80. The molecule has 0 bridgehead atoms. The van der Waals surface area contributed by atoms with Crippen LogP contribution in [0, 0.1) is 0 Å². The van der Waals surface area contributed by atoms with E-state index in [4.69, 9.17) is 4.74 Å². The molecule has 0 radical (unpaired) electrons. The summed E-state index contributed by atoms with van der Waals surface area (Å²) >= 11 is 0. The third-order valence-corrected chi connectivity index (χ3v) is 4.29. The SMILES string of the molecule is CCN(CC)c1ccc(C2=C(O)C=CC(O)(OCC(O)CF)C2)cc1. The van der Waals surface area contributed by atoms with E-state index in [0.29, 0.717) is 5.57 Å². The highest BCUT2D eigenvalue weighted by atomic mass is 19.1. The summed E-state index contributed by atoms with van der Waals surface area (Å²) in [6.07, 6.45) is 1.40. The highest BCUT2D eigenvalue weighted by Gasteiger charge is 2.32. The molecule has 1 aromatic carbocycles. The third kappa shape index (κ3) is 4.81. The number of rotatable bonds is 8. The summed E-state index contributed by atoms with van der Waals surface area (Å²) in [5, 5.41) is 29.9. The van der Waals surface area contributed by atoms with Crippen molar-refractivity contribution in [2.75, 3.05) is 31.3 Å². The van der Waals surface area contributed by atoms with Crippen LogP contribution in [-0.4, -0.2) is 53.6 Å². The van der Waals surface area contributed by atoms with E-state index in [1.165, 1.54) is 12.2 Å². The number of hydrogen-bond acceptors (Lipinski definition) is 5. The van der Waals surface area contributed by atoms with Gasteiger partial charge in [0, 0.05) is 30.8 Å². The van der Waals surface area contributed by atoms with E-state index >= 15 is 0 Å².